The van der Waals surface area contributed by atoms with E-state index < -0.39 is 0 Å². The molecule has 2 N–H and O–H groups in total. The van der Waals surface area contributed by atoms with Crippen LogP contribution in [0, 0.1) is 11.8 Å². The average molecular weight is 185 g/mol. The fourth-order valence-electron chi connectivity index (χ4n) is 2.57. The molecule has 0 spiro atoms. The Hall–Kier alpha value is -0.0800. The summed E-state index contributed by atoms with van der Waals surface area (Å²) in [6.07, 6.45) is 4.80. The van der Waals surface area contributed by atoms with Crippen LogP contribution in [0.15, 0.2) is 0 Å². The van der Waals surface area contributed by atoms with Crippen LogP contribution in [-0.4, -0.2) is 24.3 Å². The maximum Gasteiger partial charge on any atom is 0.0434 e. The Morgan fingerprint density at radius 2 is 2.31 bits per heavy atom. The predicted octanol–water partition coefficient (Wildman–Crippen LogP) is 1.78. The van der Waals surface area contributed by atoms with E-state index in [1.165, 1.54) is 19.3 Å². The Morgan fingerprint density at radius 1 is 1.54 bits per heavy atom. The molecule has 1 saturated heterocycles. The summed E-state index contributed by atoms with van der Waals surface area (Å²) in [5, 5.41) is 12.5. The van der Waals surface area contributed by atoms with Crippen LogP contribution in [0.5, 0.6) is 0 Å². The lowest BCUT2D eigenvalue weighted by atomic mass is 9.86. The topological polar surface area (TPSA) is 32.3 Å². The van der Waals surface area contributed by atoms with Crippen molar-refractivity contribution in [1.29, 1.82) is 0 Å². The highest BCUT2D eigenvalue weighted by molar-refractivity contribution is 4.86. The number of hydrogen-bond donors (Lipinski definition) is 2. The van der Waals surface area contributed by atoms with Gasteiger partial charge in [-0.1, -0.05) is 20.3 Å². The van der Waals surface area contributed by atoms with Crippen molar-refractivity contribution < 1.29 is 5.11 Å². The maximum atomic E-state index is 8.93. The lowest BCUT2D eigenvalue weighted by Gasteiger charge is -2.25. The molecule has 0 saturated carbocycles. The van der Waals surface area contributed by atoms with E-state index in [2.05, 4.69) is 19.2 Å². The van der Waals surface area contributed by atoms with Gasteiger partial charge in [0.25, 0.3) is 0 Å². The Balaban J connectivity index is 2.37. The fourth-order valence-corrected chi connectivity index (χ4v) is 2.57. The fraction of sp³-hybridized carbons (Fsp3) is 1.00. The van der Waals surface area contributed by atoms with Crippen molar-refractivity contribution in [3.8, 4) is 0 Å². The quantitative estimate of drug-likeness (QED) is 0.684. The summed E-state index contributed by atoms with van der Waals surface area (Å²) in [5.74, 6) is 1.48. The molecule has 1 rings (SSSR count). The van der Waals surface area contributed by atoms with E-state index in [0.717, 1.165) is 18.9 Å². The van der Waals surface area contributed by atoms with Crippen molar-refractivity contribution in [3.05, 3.63) is 0 Å². The molecule has 1 heterocycles. The lowest BCUT2D eigenvalue weighted by Crippen LogP contribution is -2.34. The summed E-state index contributed by atoms with van der Waals surface area (Å²) >= 11 is 0. The van der Waals surface area contributed by atoms with E-state index in [1.807, 2.05) is 0 Å². The summed E-state index contributed by atoms with van der Waals surface area (Å²) in [5.41, 5.74) is 0. The highest BCUT2D eigenvalue weighted by Gasteiger charge is 2.29. The molecule has 0 amide bonds. The zero-order valence-electron chi connectivity index (χ0n) is 8.92. The Kier molecular flexibility index (Phi) is 4.74. The molecule has 78 valence electrons. The molecule has 0 aromatic heterocycles. The molecule has 2 heteroatoms. The Bertz CT molecular complexity index is 138. The van der Waals surface area contributed by atoms with Crippen molar-refractivity contribution in [3.63, 3.8) is 0 Å². The highest BCUT2D eigenvalue weighted by Crippen LogP contribution is 2.26. The number of rotatable bonds is 5. The lowest BCUT2D eigenvalue weighted by molar-refractivity contribution is 0.226. The van der Waals surface area contributed by atoms with Gasteiger partial charge in [0.2, 0.25) is 0 Å². The smallest absolute Gasteiger partial charge is 0.0434 e. The molecule has 0 aromatic carbocycles. The van der Waals surface area contributed by atoms with Gasteiger partial charge in [0, 0.05) is 12.6 Å². The number of aliphatic hydroxyl groups is 1. The van der Waals surface area contributed by atoms with Crippen molar-refractivity contribution in [2.45, 2.75) is 45.6 Å². The van der Waals surface area contributed by atoms with E-state index in [4.69, 9.17) is 5.11 Å². The molecular formula is C11H23NO. The van der Waals surface area contributed by atoms with Crippen molar-refractivity contribution in [2.24, 2.45) is 11.8 Å². The number of hydrogen-bond acceptors (Lipinski definition) is 2. The zero-order valence-corrected chi connectivity index (χ0v) is 8.92. The van der Waals surface area contributed by atoms with Crippen LogP contribution in [0.25, 0.3) is 0 Å². The maximum absolute atomic E-state index is 8.93. The van der Waals surface area contributed by atoms with Gasteiger partial charge in [-0.05, 0) is 37.6 Å². The van der Waals surface area contributed by atoms with E-state index in [9.17, 15) is 0 Å². The second kappa shape index (κ2) is 5.61. The first-order valence-corrected chi connectivity index (χ1v) is 5.63. The summed E-state index contributed by atoms with van der Waals surface area (Å²) in [6, 6.07) is 0.659. The minimum Gasteiger partial charge on any atom is -0.396 e. The molecule has 13 heavy (non-hydrogen) atoms. The van der Waals surface area contributed by atoms with Crippen LogP contribution in [0.4, 0.5) is 0 Å². The molecule has 0 radical (unpaired) electrons. The van der Waals surface area contributed by atoms with Gasteiger partial charge in [0.05, 0.1) is 0 Å². The minimum absolute atomic E-state index is 0.349. The first-order valence-electron chi connectivity index (χ1n) is 5.63. The molecule has 1 aliphatic rings. The largest absolute Gasteiger partial charge is 0.396 e. The van der Waals surface area contributed by atoms with Gasteiger partial charge >= 0.3 is 0 Å². The molecule has 2 nitrogen and oxygen atoms in total. The third kappa shape index (κ3) is 2.96. The molecule has 0 bridgehead atoms. The molecule has 0 aromatic rings. The first kappa shape index (κ1) is 11.0. The zero-order chi connectivity index (χ0) is 9.68. The molecule has 1 aliphatic heterocycles. The third-order valence-corrected chi connectivity index (χ3v) is 3.26. The van der Waals surface area contributed by atoms with Gasteiger partial charge in [-0.25, -0.2) is 0 Å². The SMILES string of the molecule is CCCC(C)C1NCCC1CCO. The van der Waals surface area contributed by atoms with Crippen LogP contribution in [0.1, 0.15) is 39.5 Å². The summed E-state index contributed by atoms with van der Waals surface area (Å²) in [7, 11) is 0. The second-order valence-electron chi connectivity index (χ2n) is 4.31. The molecular weight excluding hydrogens is 162 g/mol. The summed E-state index contributed by atoms with van der Waals surface area (Å²) in [4.78, 5) is 0. The Labute approximate surface area is 81.7 Å². The van der Waals surface area contributed by atoms with Gasteiger partial charge in [0.15, 0.2) is 0 Å². The normalized spacial score (nSPS) is 30.7. The van der Waals surface area contributed by atoms with Gasteiger partial charge in [-0.3, -0.25) is 0 Å². The summed E-state index contributed by atoms with van der Waals surface area (Å²) < 4.78 is 0. The first-order chi connectivity index (χ1) is 6.29. The minimum atomic E-state index is 0.349. The summed E-state index contributed by atoms with van der Waals surface area (Å²) in [6.45, 7) is 6.06. The highest BCUT2D eigenvalue weighted by atomic mass is 16.3. The molecule has 3 atom stereocenters. The molecule has 1 fully saturated rings. The number of nitrogens with one attached hydrogen (secondary N) is 1. The van der Waals surface area contributed by atoms with E-state index in [-0.39, 0.29) is 0 Å². The van der Waals surface area contributed by atoms with Crippen LogP contribution >= 0.6 is 0 Å². The predicted molar refractivity (Wildman–Crippen MR) is 55.7 cm³/mol. The average Bonchev–Trinajstić information content (AvgIpc) is 2.54. The van der Waals surface area contributed by atoms with Crippen molar-refractivity contribution in [2.75, 3.05) is 13.2 Å². The van der Waals surface area contributed by atoms with Gasteiger partial charge in [0.1, 0.15) is 0 Å². The van der Waals surface area contributed by atoms with Crippen LogP contribution in [0.2, 0.25) is 0 Å². The van der Waals surface area contributed by atoms with Crippen molar-refractivity contribution >= 4 is 0 Å². The van der Waals surface area contributed by atoms with Crippen LogP contribution < -0.4 is 5.32 Å². The number of aliphatic hydroxyl groups excluding tert-OH is 1. The van der Waals surface area contributed by atoms with E-state index >= 15 is 0 Å². The second-order valence-corrected chi connectivity index (χ2v) is 4.31. The van der Waals surface area contributed by atoms with Crippen molar-refractivity contribution in [1.82, 2.24) is 5.32 Å². The van der Waals surface area contributed by atoms with Gasteiger partial charge in [-0.2, -0.15) is 0 Å². The molecule has 3 unspecified atom stereocenters. The van der Waals surface area contributed by atoms with E-state index in [0.29, 0.717) is 18.6 Å². The van der Waals surface area contributed by atoms with E-state index in [1.54, 1.807) is 0 Å². The Morgan fingerprint density at radius 3 is 2.92 bits per heavy atom. The van der Waals surface area contributed by atoms with Crippen LogP contribution in [-0.2, 0) is 0 Å². The monoisotopic (exact) mass is 185 g/mol. The van der Waals surface area contributed by atoms with Gasteiger partial charge < -0.3 is 10.4 Å². The van der Waals surface area contributed by atoms with Crippen LogP contribution in [0.3, 0.4) is 0 Å². The van der Waals surface area contributed by atoms with Gasteiger partial charge in [-0.15, -0.1) is 0 Å². The third-order valence-electron chi connectivity index (χ3n) is 3.26. The molecule has 0 aliphatic carbocycles. The standard InChI is InChI=1S/C11H23NO/c1-3-4-9(2)11-10(6-8-13)5-7-12-11/h9-13H,3-8H2,1-2H3.